The summed E-state index contributed by atoms with van der Waals surface area (Å²) < 4.78 is 18.0. The number of amides is 1. The van der Waals surface area contributed by atoms with Crippen LogP contribution in [-0.2, 0) is 13.1 Å². The van der Waals surface area contributed by atoms with E-state index in [2.05, 4.69) is 10.4 Å². The van der Waals surface area contributed by atoms with Crippen LogP contribution in [0.4, 0.5) is 0 Å². The van der Waals surface area contributed by atoms with E-state index in [4.69, 9.17) is 25.5 Å². The summed E-state index contributed by atoms with van der Waals surface area (Å²) in [5.41, 5.74) is 2.54. The summed E-state index contributed by atoms with van der Waals surface area (Å²) in [6, 6.07) is 8.97. The molecule has 4 rings (SSSR count). The fraction of sp³-hybridized carbons (Fsp3) is 0.263. The number of nitrogens with zero attached hydrogens (tertiary/aromatic N) is 2. The molecule has 1 aliphatic rings. The number of ether oxygens (including phenoxy) is 2. The van der Waals surface area contributed by atoms with Crippen LogP contribution in [0.1, 0.15) is 33.3 Å². The topological polar surface area (TPSA) is 78.5 Å². The number of benzene rings is 1. The molecule has 8 heteroatoms. The second-order valence-corrected chi connectivity index (χ2v) is 6.66. The van der Waals surface area contributed by atoms with E-state index in [1.807, 2.05) is 32.0 Å². The lowest BCUT2D eigenvalue weighted by molar-refractivity contribution is 0.0921. The van der Waals surface area contributed by atoms with E-state index in [9.17, 15) is 4.79 Å². The number of nitrogens with one attached hydrogen (secondary N) is 1. The van der Waals surface area contributed by atoms with Gasteiger partial charge in [0.25, 0.3) is 5.91 Å². The summed E-state index contributed by atoms with van der Waals surface area (Å²) in [6.07, 6.45) is 0. The zero-order chi connectivity index (χ0) is 19.0. The summed E-state index contributed by atoms with van der Waals surface area (Å²) >= 11 is 6.16. The first-order valence-corrected chi connectivity index (χ1v) is 8.84. The van der Waals surface area contributed by atoms with Gasteiger partial charge in [-0.15, -0.1) is 0 Å². The summed E-state index contributed by atoms with van der Waals surface area (Å²) in [5.74, 6) is 1.99. The molecule has 1 N–H and O–H groups in total. The number of hydrogen-bond donors (Lipinski definition) is 1. The normalized spacial score (nSPS) is 12.4. The fourth-order valence-electron chi connectivity index (χ4n) is 2.88. The summed E-state index contributed by atoms with van der Waals surface area (Å²) in [6.45, 7) is 4.74. The predicted molar refractivity (Wildman–Crippen MR) is 98.3 cm³/mol. The molecular formula is C19H18ClN3O4. The quantitative estimate of drug-likeness (QED) is 0.725. The van der Waals surface area contributed by atoms with Crippen molar-refractivity contribution in [2.45, 2.75) is 26.9 Å². The smallest absolute Gasteiger partial charge is 0.287 e. The Kier molecular flexibility index (Phi) is 4.53. The average Bonchev–Trinajstić information content (AvgIpc) is 3.37. The van der Waals surface area contributed by atoms with E-state index in [0.29, 0.717) is 35.4 Å². The highest BCUT2D eigenvalue weighted by Gasteiger charge is 2.16. The molecule has 0 fully saturated rings. The van der Waals surface area contributed by atoms with Crippen LogP contribution in [0.15, 0.2) is 34.7 Å². The highest BCUT2D eigenvalue weighted by molar-refractivity contribution is 6.31. The fourth-order valence-corrected chi connectivity index (χ4v) is 3.02. The molecule has 0 unspecified atom stereocenters. The minimum Gasteiger partial charge on any atom is -0.454 e. The first-order valence-electron chi connectivity index (χ1n) is 8.46. The molecule has 2 aromatic heterocycles. The minimum absolute atomic E-state index is 0.223. The van der Waals surface area contributed by atoms with Crippen molar-refractivity contribution in [3.05, 3.63) is 63.8 Å². The van der Waals surface area contributed by atoms with Crippen LogP contribution in [-0.4, -0.2) is 22.5 Å². The molecule has 27 heavy (non-hydrogen) atoms. The van der Waals surface area contributed by atoms with Gasteiger partial charge in [0, 0.05) is 6.54 Å². The number of rotatable bonds is 5. The van der Waals surface area contributed by atoms with Gasteiger partial charge in [0.2, 0.25) is 6.79 Å². The van der Waals surface area contributed by atoms with Crippen LogP contribution >= 0.6 is 11.6 Å². The van der Waals surface area contributed by atoms with E-state index in [0.717, 1.165) is 17.0 Å². The first kappa shape index (κ1) is 17.5. The molecule has 1 aliphatic heterocycles. The first-order chi connectivity index (χ1) is 13.0. The Bertz CT molecular complexity index is 1010. The Morgan fingerprint density at radius 3 is 2.81 bits per heavy atom. The van der Waals surface area contributed by atoms with E-state index in [-0.39, 0.29) is 18.5 Å². The molecule has 3 aromatic rings. The maximum absolute atomic E-state index is 12.3. The van der Waals surface area contributed by atoms with Gasteiger partial charge in [-0.3, -0.25) is 9.48 Å². The Balaban J connectivity index is 1.39. The molecule has 0 bridgehead atoms. The zero-order valence-electron chi connectivity index (χ0n) is 14.9. The Morgan fingerprint density at radius 2 is 2.04 bits per heavy atom. The Labute approximate surface area is 160 Å². The SMILES string of the molecule is Cc1nn(Cc2ccc(C(=O)NCc3ccc4c(c3)OCO4)o2)c(C)c1Cl. The molecule has 0 saturated heterocycles. The van der Waals surface area contributed by atoms with Crippen molar-refractivity contribution >= 4 is 17.5 Å². The van der Waals surface area contributed by atoms with Gasteiger partial charge in [0.05, 0.1) is 23.0 Å². The lowest BCUT2D eigenvalue weighted by Gasteiger charge is -2.05. The van der Waals surface area contributed by atoms with Gasteiger partial charge in [-0.2, -0.15) is 5.10 Å². The molecule has 140 valence electrons. The van der Waals surface area contributed by atoms with Crippen LogP contribution in [0.2, 0.25) is 5.02 Å². The number of furan rings is 1. The van der Waals surface area contributed by atoms with Crippen LogP contribution in [0.3, 0.4) is 0 Å². The second-order valence-electron chi connectivity index (χ2n) is 6.28. The van der Waals surface area contributed by atoms with Crippen LogP contribution in [0.25, 0.3) is 0 Å². The van der Waals surface area contributed by atoms with Gasteiger partial charge in [0.1, 0.15) is 5.76 Å². The Hall–Kier alpha value is -2.93. The molecule has 1 amide bonds. The number of hydrogen-bond acceptors (Lipinski definition) is 5. The third kappa shape index (κ3) is 3.50. The van der Waals surface area contributed by atoms with Crippen molar-refractivity contribution in [2.75, 3.05) is 6.79 Å². The lowest BCUT2D eigenvalue weighted by Crippen LogP contribution is -2.22. The van der Waals surface area contributed by atoms with Gasteiger partial charge in [-0.1, -0.05) is 17.7 Å². The van der Waals surface area contributed by atoms with Gasteiger partial charge < -0.3 is 19.2 Å². The van der Waals surface area contributed by atoms with Gasteiger partial charge in [-0.25, -0.2) is 0 Å². The maximum Gasteiger partial charge on any atom is 0.287 e. The number of carbonyl (C=O) groups is 1. The number of aryl methyl sites for hydroxylation is 1. The molecule has 0 aliphatic carbocycles. The molecule has 0 atom stereocenters. The molecule has 3 heterocycles. The van der Waals surface area contributed by atoms with Crippen LogP contribution in [0.5, 0.6) is 11.5 Å². The zero-order valence-corrected chi connectivity index (χ0v) is 15.7. The van der Waals surface area contributed by atoms with Gasteiger partial charge in [0.15, 0.2) is 17.3 Å². The highest BCUT2D eigenvalue weighted by atomic mass is 35.5. The number of halogens is 1. The van der Waals surface area contributed by atoms with Crippen LogP contribution in [0, 0.1) is 13.8 Å². The van der Waals surface area contributed by atoms with Gasteiger partial charge in [-0.05, 0) is 43.7 Å². The third-order valence-corrected chi connectivity index (χ3v) is 4.92. The van der Waals surface area contributed by atoms with Crippen molar-refractivity contribution in [3.63, 3.8) is 0 Å². The second kappa shape index (κ2) is 7.00. The van der Waals surface area contributed by atoms with Crippen LogP contribution < -0.4 is 14.8 Å². The monoisotopic (exact) mass is 387 g/mol. The lowest BCUT2D eigenvalue weighted by atomic mass is 10.2. The molecule has 0 saturated carbocycles. The predicted octanol–water partition coefficient (Wildman–Crippen LogP) is 3.45. The van der Waals surface area contributed by atoms with Crippen molar-refractivity contribution in [1.82, 2.24) is 15.1 Å². The van der Waals surface area contributed by atoms with Gasteiger partial charge >= 0.3 is 0 Å². The number of aromatic nitrogens is 2. The average molecular weight is 388 g/mol. The summed E-state index contributed by atoms with van der Waals surface area (Å²) in [4.78, 5) is 12.3. The summed E-state index contributed by atoms with van der Waals surface area (Å²) in [7, 11) is 0. The maximum atomic E-state index is 12.3. The van der Waals surface area contributed by atoms with Crippen molar-refractivity contribution in [2.24, 2.45) is 0 Å². The molecule has 0 spiro atoms. The van der Waals surface area contributed by atoms with Crippen molar-refractivity contribution < 1.29 is 18.7 Å². The molecule has 7 nitrogen and oxygen atoms in total. The highest BCUT2D eigenvalue weighted by Crippen LogP contribution is 2.32. The number of fused-ring (bicyclic) bond motifs is 1. The molecular weight excluding hydrogens is 370 g/mol. The van der Waals surface area contributed by atoms with E-state index < -0.39 is 0 Å². The molecule has 1 aromatic carbocycles. The minimum atomic E-state index is -0.287. The summed E-state index contributed by atoms with van der Waals surface area (Å²) in [5, 5.41) is 7.84. The Morgan fingerprint density at radius 1 is 1.22 bits per heavy atom. The van der Waals surface area contributed by atoms with E-state index >= 15 is 0 Å². The van der Waals surface area contributed by atoms with Crippen molar-refractivity contribution in [3.8, 4) is 11.5 Å². The largest absolute Gasteiger partial charge is 0.454 e. The van der Waals surface area contributed by atoms with E-state index in [1.54, 1.807) is 16.8 Å². The third-order valence-electron chi connectivity index (χ3n) is 4.37. The standard InChI is InChI=1S/C19H18ClN3O4/c1-11-18(20)12(2)23(22-11)9-14-4-6-16(27-14)19(24)21-8-13-3-5-15-17(7-13)26-10-25-15/h3-7H,8-10H2,1-2H3,(H,21,24). The number of carbonyl (C=O) groups excluding carboxylic acids is 1. The molecule has 0 radical (unpaired) electrons. The van der Waals surface area contributed by atoms with E-state index in [1.165, 1.54) is 0 Å². The van der Waals surface area contributed by atoms with Crippen molar-refractivity contribution in [1.29, 1.82) is 0 Å².